The number of nitrogen functional groups attached to an aromatic ring is 1. The molecule has 0 spiro atoms. The number of hydrogen-bond donors (Lipinski definition) is 2. The smallest absolute Gasteiger partial charge is 0.241 e. The summed E-state index contributed by atoms with van der Waals surface area (Å²) in [6.45, 7) is 9.17. The summed E-state index contributed by atoms with van der Waals surface area (Å²) >= 11 is 0. The number of likely N-dealkylation sites (N-methyl/N-ethyl adjacent to an activating group) is 1. The zero-order valence-electron chi connectivity index (χ0n) is 13.4. The van der Waals surface area contributed by atoms with Crippen molar-refractivity contribution in [3.8, 4) is 0 Å². The first-order valence-electron chi connectivity index (χ1n) is 7.41. The van der Waals surface area contributed by atoms with Gasteiger partial charge in [0.25, 0.3) is 0 Å². The zero-order chi connectivity index (χ0) is 15.6. The minimum absolute atomic E-state index is 0.0279. The van der Waals surface area contributed by atoms with Gasteiger partial charge in [0, 0.05) is 36.5 Å². The molecule has 5 heteroatoms. The molecule has 5 nitrogen and oxygen atoms in total. The second-order valence-corrected chi connectivity index (χ2v) is 6.49. The van der Waals surface area contributed by atoms with Gasteiger partial charge in [0.05, 0.1) is 6.04 Å². The highest BCUT2D eigenvalue weighted by Crippen LogP contribution is 2.21. The average Bonchev–Trinajstić information content (AvgIpc) is 2.43. The van der Waals surface area contributed by atoms with Crippen LogP contribution in [0.15, 0.2) is 24.3 Å². The van der Waals surface area contributed by atoms with Crippen LogP contribution in [-0.4, -0.2) is 54.0 Å². The molecule has 0 radical (unpaired) electrons. The second-order valence-electron chi connectivity index (χ2n) is 6.49. The topological polar surface area (TPSA) is 61.6 Å². The molecule has 0 saturated carbocycles. The van der Waals surface area contributed by atoms with Gasteiger partial charge in [-0.3, -0.25) is 14.6 Å². The van der Waals surface area contributed by atoms with Crippen LogP contribution in [0.5, 0.6) is 0 Å². The summed E-state index contributed by atoms with van der Waals surface area (Å²) in [4.78, 5) is 17.0. The van der Waals surface area contributed by atoms with Crippen molar-refractivity contribution >= 4 is 17.3 Å². The van der Waals surface area contributed by atoms with Gasteiger partial charge in [-0.05, 0) is 52.1 Å². The molecule has 1 atom stereocenters. The summed E-state index contributed by atoms with van der Waals surface area (Å²) in [5, 5.41) is 2.95. The summed E-state index contributed by atoms with van der Waals surface area (Å²) in [6, 6.07) is 7.09. The predicted octanol–water partition coefficient (Wildman–Crippen LogP) is 1.62. The van der Waals surface area contributed by atoms with Crippen molar-refractivity contribution in [2.75, 3.05) is 37.7 Å². The number of carbonyl (C=O) groups excluding carboxylic acids is 1. The summed E-state index contributed by atoms with van der Waals surface area (Å²) in [5.41, 5.74) is 7.23. The molecule has 2 rings (SSSR count). The molecule has 1 amide bonds. The Morgan fingerprint density at radius 1 is 1.29 bits per heavy atom. The van der Waals surface area contributed by atoms with Crippen molar-refractivity contribution in [2.24, 2.45) is 0 Å². The van der Waals surface area contributed by atoms with Crippen molar-refractivity contribution in [1.82, 2.24) is 9.80 Å². The number of amides is 1. The fraction of sp³-hybridized carbons (Fsp3) is 0.562. The summed E-state index contributed by atoms with van der Waals surface area (Å²) < 4.78 is 0. The van der Waals surface area contributed by atoms with Crippen molar-refractivity contribution in [3.63, 3.8) is 0 Å². The fourth-order valence-electron chi connectivity index (χ4n) is 2.59. The Kier molecular flexibility index (Phi) is 4.54. The average molecular weight is 290 g/mol. The van der Waals surface area contributed by atoms with Crippen LogP contribution in [0.3, 0.4) is 0 Å². The zero-order valence-corrected chi connectivity index (χ0v) is 13.4. The van der Waals surface area contributed by atoms with Crippen molar-refractivity contribution in [2.45, 2.75) is 32.4 Å². The van der Waals surface area contributed by atoms with Gasteiger partial charge >= 0.3 is 0 Å². The Hall–Kier alpha value is -1.59. The Balaban J connectivity index is 1.98. The largest absolute Gasteiger partial charge is 0.399 e. The number of benzene rings is 1. The lowest BCUT2D eigenvalue weighted by Gasteiger charge is -2.46. The Bertz CT molecular complexity index is 498. The monoisotopic (exact) mass is 290 g/mol. The number of piperazine rings is 1. The Morgan fingerprint density at radius 2 is 1.90 bits per heavy atom. The highest BCUT2D eigenvalue weighted by atomic mass is 16.2. The molecule has 21 heavy (non-hydrogen) atoms. The quantitative estimate of drug-likeness (QED) is 0.831. The van der Waals surface area contributed by atoms with Gasteiger partial charge in [-0.25, -0.2) is 0 Å². The van der Waals surface area contributed by atoms with Gasteiger partial charge in [-0.2, -0.15) is 0 Å². The Morgan fingerprint density at radius 3 is 2.48 bits per heavy atom. The molecule has 116 valence electrons. The third-order valence-corrected chi connectivity index (χ3v) is 4.45. The normalized spacial score (nSPS) is 21.0. The molecule has 0 bridgehead atoms. The second kappa shape index (κ2) is 6.03. The number of nitrogens with zero attached hydrogens (tertiary/aromatic N) is 2. The lowest BCUT2D eigenvalue weighted by atomic mass is 9.98. The molecular formula is C16H26N4O. The van der Waals surface area contributed by atoms with Gasteiger partial charge in [-0.1, -0.05) is 0 Å². The molecule has 1 aromatic carbocycles. The third kappa shape index (κ3) is 3.74. The van der Waals surface area contributed by atoms with Crippen LogP contribution in [-0.2, 0) is 4.79 Å². The lowest BCUT2D eigenvalue weighted by Crippen LogP contribution is -2.61. The fourth-order valence-corrected chi connectivity index (χ4v) is 2.59. The molecule has 1 aliphatic heterocycles. The van der Waals surface area contributed by atoms with Crippen LogP contribution < -0.4 is 11.1 Å². The maximum Gasteiger partial charge on any atom is 0.241 e. The van der Waals surface area contributed by atoms with Gasteiger partial charge in [0.15, 0.2) is 0 Å². The van der Waals surface area contributed by atoms with Gasteiger partial charge in [0.1, 0.15) is 0 Å². The number of anilines is 2. The molecule has 1 unspecified atom stereocenters. The van der Waals surface area contributed by atoms with Gasteiger partial charge < -0.3 is 11.1 Å². The number of carbonyl (C=O) groups is 1. The van der Waals surface area contributed by atoms with E-state index in [2.05, 4.69) is 36.0 Å². The van der Waals surface area contributed by atoms with E-state index in [1.165, 1.54) is 0 Å². The van der Waals surface area contributed by atoms with E-state index in [-0.39, 0.29) is 17.5 Å². The van der Waals surface area contributed by atoms with Crippen LogP contribution in [0.25, 0.3) is 0 Å². The molecule has 1 fully saturated rings. The molecule has 0 aliphatic carbocycles. The molecule has 1 saturated heterocycles. The van der Waals surface area contributed by atoms with Gasteiger partial charge in [-0.15, -0.1) is 0 Å². The van der Waals surface area contributed by atoms with E-state index < -0.39 is 0 Å². The molecule has 1 aliphatic rings. The first kappa shape index (κ1) is 15.8. The van der Waals surface area contributed by atoms with Crippen LogP contribution in [0.2, 0.25) is 0 Å². The maximum absolute atomic E-state index is 12.4. The molecule has 1 aromatic rings. The van der Waals surface area contributed by atoms with Crippen molar-refractivity contribution in [3.05, 3.63) is 24.3 Å². The predicted molar refractivity (Wildman–Crippen MR) is 87.2 cm³/mol. The highest BCUT2D eigenvalue weighted by Gasteiger charge is 2.34. The van der Waals surface area contributed by atoms with Crippen molar-refractivity contribution in [1.29, 1.82) is 0 Å². The summed E-state index contributed by atoms with van der Waals surface area (Å²) in [7, 11) is 2.14. The summed E-state index contributed by atoms with van der Waals surface area (Å²) in [6.07, 6.45) is 0. The number of rotatable bonds is 3. The SMILES string of the molecule is CC(C(=O)Nc1ccc(N)cc1)N1CCN(C)C(C)(C)C1. The van der Waals surface area contributed by atoms with E-state index in [1.807, 2.05) is 19.1 Å². The summed E-state index contributed by atoms with van der Waals surface area (Å²) in [5.74, 6) is 0.0279. The highest BCUT2D eigenvalue weighted by molar-refractivity contribution is 5.94. The van der Waals surface area contributed by atoms with Crippen LogP contribution in [0.1, 0.15) is 20.8 Å². The minimum Gasteiger partial charge on any atom is -0.399 e. The Labute approximate surface area is 127 Å². The maximum atomic E-state index is 12.4. The van der Waals surface area contributed by atoms with E-state index in [4.69, 9.17) is 5.73 Å². The minimum atomic E-state index is -0.143. The first-order valence-corrected chi connectivity index (χ1v) is 7.41. The van der Waals surface area contributed by atoms with Gasteiger partial charge in [0.2, 0.25) is 5.91 Å². The van der Waals surface area contributed by atoms with Crippen LogP contribution in [0.4, 0.5) is 11.4 Å². The number of nitrogens with one attached hydrogen (secondary N) is 1. The van der Waals surface area contributed by atoms with Crippen LogP contribution in [0, 0.1) is 0 Å². The molecule has 3 N–H and O–H groups in total. The van der Waals surface area contributed by atoms with E-state index >= 15 is 0 Å². The number of hydrogen-bond acceptors (Lipinski definition) is 4. The van der Waals surface area contributed by atoms with E-state index in [0.717, 1.165) is 25.3 Å². The van der Waals surface area contributed by atoms with E-state index in [1.54, 1.807) is 12.1 Å². The van der Waals surface area contributed by atoms with Crippen LogP contribution >= 0.6 is 0 Å². The van der Waals surface area contributed by atoms with E-state index in [9.17, 15) is 4.79 Å². The standard InChI is InChI=1S/C16H26N4O/c1-12(20-10-9-19(4)16(2,3)11-20)15(21)18-14-7-5-13(17)6-8-14/h5-8,12H,9-11,17H2,1-4H3,(H,18,21). The van der Waals surface area contributed by atoms with Crippen molar-refractivity contribution < 1.29 is 4.79 Å². The first-order chi connectivity index (χ1) is 9.79. The number of nitrogens with two attached hydrogens (primary N) is 1. The molecule has 0 aromatic heterocycles. The lowest BCUT2D eigenvalue weighted by molar-refractivity contribution is -0.122. The molecule has 1 heterocycles. The third-order valence-electron chi connectivity index (χ3n) is 4.45. The molecular weight excluding hydrogens is 264 g/mol. The van der Waals surface area contributed by atoms with E-state index in [0.29, 0.717) is 5.69 Å².